The van der Waals surface area contributed by atoms with Gasteiger partial charge in [0.25, 0.3) is 0 Å². The Morgan fingerprint density at radius 3 is 2.71 bits per heavy atom. The Labute approximate surface area is 101 Å². The van der Waals surface area contributed by atoms with Crippen LogP contribution in [0.25, 0.3) is 0 Å². The van der Waals surface area contributed by atoms with Crippen molar-refractivity contribution >= 4 is 5.91 Å². The molecule has 1 aliphatic rings. The molecule has 1 aromatic carbocycles. The van der Waals surface area contributed by atoms with Crippen LogP contribution in [0.5, 0.6) is 0 Å². The lowest BCUT2D eigenvalue weighted by Gasteiger charge is -2.10. The molecule has 0 bridgehead atoms. The molecule has 0 aromatic heterocycles. The summed E-state index contributed by atoms with van der Waals surface area (Å²) in [5, 5.41) is 11.9. The number of nitrogens with one attached hydrogen (secondary N) is 1. The molecular weight excluding hydrogens is 212 g/mol. The first-order valence-corrected chi connectivity index (χ1v) is 6.03. The lowest BCUT2D eigenvalue weighted by molar-refractivity contribution is -0.121. The first kappa shape index (κ1) is 11.7. The lowest BCUT2D eigenvalue weighted by Crippen LogP contribution is -2.29. The van der Waals surface area contributed by atoms with Crippen LogP contribution in [0.1, 0.15) is 30.7 Å². The summed E-state index contributed by atoms with van der Waals surface area (Å²) in [5.41, 5.74) is 0.763. The fourth-order valence-electron chi connectivity index (χ4n) is 1.84. The van der Waals surface area contributed by atoms with E-state index in [1.54, 1.807) is 0 Å². The maximum atomic E-state index is 11.8. The zero-order valence-corrected chi connectivity index (χ0v) is 9.73. The van der Waals surface area contributed by atoms with E-state index >= 15 is 0 Å². The molecule has 3 heteroatoms. The van der Waals surface area contributed by atoms with E-state index in [1.165, 1.54) is 12.8 Å². The number of carbonyl (C=O) groups excluding carboxylic acids is 1. The molecule has 1 saturated carbocycles. The van der Waals surface area contributed by atoms with Gasteiger partial charge in [-0.25, -0.2) is 0 Å². The smallest absolute Gasteiger partial charge is 0.241 e. The van der Waals surface area contributed by atoms with Crippen molar-refractivity contribution in [1.29, 1.82) is 5.26 Å². The van der Waals surface area contributed by atoms with Crippen molar-refractivity contribution in [3.05, 3.63) is 35.9 Å². The first-order valence-electron chi connectivity index (χ1n) is 6.03. The molecule has 1 unspecified atom stereocenters. The van der Waals surface area contributed by atoms with Crippen LogP contribution < -0.4 is 5.32 Å². The van der Waals surface area contributed by atoms with Crippen LogP contribution in [0.4, 0.5) is 0 Å². The largest absolute Gasteiger partial charge is 0.355 e. The second-order valence-corrected chi connectivity index (χ2v) is 4.50. The van der Waals surface area contributed by atoms with Crippen LogP contribution >= 0.6 is 0 Å². The molecule has 1 aliphatic carbocycles. The highest BCUT2D eigenvalue weighted by Crippen LogP contribution is 2.31. The number of hydrogen-bond acceptors (Lipinski definition) is 2. The van der Waals surface area contributed by atoms with Crippen LogP contribution in [0.15, 0.2) is 30.3 Å². The molecule has 3 nitrogen and oxygen atoms in total. The number of nitriles is 1. The molecule has 0 spiro atoms. The van der Waals surface area contributed by atoms with Gasteiger partial charge in [-0.05, 0) is 17.9 Å². The Morgan fingerprint density at radius 2 is 2.12 bits per heavy atom. The van der Waals surface area contributed by atoms with Gasteiger partial charge in [-0.15, -0.1) is 0 Å². The Balaban J connectivity index is 1.88. The minimum absolute atomic E-state index is 0.181. The summed E-state index contributed by atoms with van der Waals surface area (Å²) < 4.78 is 0. The molecule has 1 N–H and O–H groups in total. The fraction of sp³-hybridized carbons (Fsp3) is 0.429. The van der Waals surface area contributed by atoms with Crippen molar-refractivity contribution in [1.82, 2.24) is 5.32 Å². The summed E-state index contributed by atoms with van der Waals surface area (Å²) >= 11 is 0. The summed E-state index contributed by atoms with van der Waals surface area (Å²) in [6, 6.07) is 11.3. The maximum absolute atomic E-state index is 11.8. The summed E-state index contributed by atoms with van der Waals surface area (Å²) in [5.74, 6) is -0.0673. The van der Waals surface area contributed by atoms with Crippen molar-refractivity contribution < 1.29 is 4.79 Å². The van der Waals surface area contributed by atoms with Crippen LogP contribution in [-0.4, -0.2) is 12.5 Å². The molecule has 1 aromatic rings. The molecular formula is C14H16N2O. The Hall–Kier alpha value is -1.82. The fourth-order valence-corrected chi connectivity index (χ4v) is 1.84. The number of rotatable bonds is 5. The topological polar surface area (TPSA) is 52.9 Å². The van der Waals surface area contributed by atoms with Gasteiger partial charge in [-0.3, -0.25) is 4.79 Å². The van der Waals surface area contributed by atoms with E-state index in [2.05, 4.69) is 11.4 Å². The Bertz CT molecular complexity index is 418. The van der Waals surface area contributed by atoms with E-state index in [0.717, 1.165) is 17.9 Å². The standard InChI is InChI=1S/C14H16N2O/c15-10-13(12-4-2-1-3-5-12)14(17)16-9-8-11-6-7-11/h1-5,11,13H,6-9H2,(H,16,17). The number of benzene rings is 1. The molecule has 0 radical (unpaired) electrons. The number of hydrogen-bond donors (Lipinski definition) is 1. The van der Waals surface area contributed by atoms with Gasteiger partial charge in [0.2, 0.25) is 5.91 Å². The molecule has 0 heterocycles. The van der Waals surface area contributed by atoms with Crippen molar-refractivity contribution in [2.75, 3.05) is 6.54 Å². The molecule has 17 heavy (non-hydrogen) atoms. The highest BCUT2D eigenvalue weighted by Gasteiger charge is 2.23. The van der Waals surface area contributed by atoms with Gasteiger partial charge in [-0.2, -0.15) is 5.26 Å². The molecule has 1 fully saturated rings. The summed E-state index contributed by atoms with van der Waals surface area (Å²) in [6.07, 6.45) is 3.62. The normalized spacial score (nSPS) is 15.9. The van der Waals surface area contributed by atoms with E-state index < -0.39 is 5.92 Å². The maximum Gasteiger partial charge on any atom is 0.241 e. The minimum Gasteiger partial charge on any atom is -0.355 e. The van der Waals surface area contributed by atoms with Gasteiger partial charge in [0.15, 0.2) is 0 Å². The van der Waals surface area contributed by atoms with Crippen molar-refractivity contribution in [2.45, 2.75) is 25.2 Å². The number of carbonyl (C=O) groups is 1. The second-order valence-electron chi connectivity index (χ2n) is 4.50. The van der Waals surface area contributed by atoms with E-state index in [-0.39, 0.29) is 5.91 Å². The monoisotopic (exact) mass is 228 g/mol. The Morgan fingerprint density at radius 1 is 1.41 bits per heavy atom. The van der Waals surface area contributed by atoms with Gasteiger partial charge in [-0.1, -0.05) is 43.2 Å². The Kier molecular flexibility index (Phi) is 3.77. The van der Waals surface area contributed by atoms with E-state index in [4.69, 9.17) is 5.26 Å². The SMILES string of the molecule is N#CC(C(=O)NCCC1CC1)c1ccccc1. The molecule has 88 valence electrons. The van der Waals surface area contributed by atoms with Crippen LogP contribution in [0.3, 0.4) is 0 Å². The average molecular weight is 228 g/mol. The molecule has 0 saturated heterocycles. The lowest BCUT2D eigenvalue weighted by atomic mass is 10.00. The predicted molar refractivity (Wildman–Crippen MR) is 65.1 cm³/mol. The first-order chi connectivity index (χ1) is 8.31. The third-order valence-electron chi connectivity index (χ3n) is 3.07. The van der Waals surface area contributed by atoms with E-state index in [9.17, 15) is 4.79 Å². The van der Waals surface area contributed by atoms with Gasteiger partial charge in [0.05, 0.1) is 6.07 Å². The highest BCUT2D eigenvalue weighted by molar-refractivity contribution is 5.86. The van der Waals surface area contributed by atoms with E-state index in [0.29, 0.717) is 6.54 Å². The van der Waals surface area contributed by atoms with Crippen LogP contribution in [0.2, 0.25) is 0 Å². The second kappa shape index (κ2) is 5.49. The zero-order chi connectivity index (χ0) is 12.1. The summed E-state index contributed by atoms with van der Waals surface area (Å²) in [6.45, 7) is 0.689. The van der Waals surface area contributed by atoms with E-state index in [1.807, 2.05) is 30.3 Å². The molecule has 1 atom stereocenters. The third kappa shape index (κ3) is 3.32. The molecule has 1 amide bonds. The van der Waals surface area contributed by atoms with Gasteiger partial charge in [0, 0.05) is 6.54 Å². The third-order valence-corrected chi connectivity index (χ3v) is 3.07. The van der Waals surface area contributed by atoms with Crippen molar-refractivity contribution in [3.63, 3.8) is 0 Å². The van der Waals surface area contributed by atoms with Crippen LogP contribution in [0, 0.1) is 17.2 Å². The number of nitrogens with zero attached hydrogens (tertiary/aromatic N) is 1. The van der Waals surface area contributed by atoms with Gasteiger partial charge < -0.3 is 5.32 Å². The van der Waals surface area contributed by atoms with Crippen molar-refractivity contribution in [2.24, 2.45) is 5.92 Å². The summed E-state index contributed by atoms with van der Waals surface area (Å²) in [4.78, 5) is 11.8. The highest BCUT2D eigenvalue weighted by atomic mass is 16.1. The summed E-state index contributed by atoms with van der Waals surface area (Å²) in [7, 11) is 0. The van der Waals surface area contributed by atoms with Gasteiger partial charge >= 0.3 is 0 Å². The van der Waals surface area contributed by atoms with Gasteiger partial charge in [0.1, 0.15) is 5.92 Å². The molecule has 0 aliphatic heterocycles. The predicted octanol–water partition coefficient (Wildman–Crippen LogP) is 2.21. The van der Waals surface area contributed by atoms with Crippen LogP contribution in [-0.2, 0) is 4.79 Å². The quantitative estimate of drug-likeness (QED) is 0.840. The van der Waals surface area contributed by atoms with Crippen molar-refractivity contribution in [3.8, 4) is 6.07 Å². The average Bonchev–Trinajstić information content (AvgIpc) is 3.15. The molecule has 2 rings (SSSR count). The number of amides is 1. The zero-order valence-electron chi connectivity index (χ0n) is 9.73. The minimum atomic E-state index is -0.685.